The average Bonchev–Trinajstić information content (AvgIpc) is 3.16. The maximum atomic E-state index is 12.3. The standard InChI is InChI=1S/C16H20O3/c1-5-18-15(17)16(4,14-12(3)19-14)11(2)13-9-7-6-8-10-13/h6-10,12,14H,2,5H2,1,3-4H3. The van der Waals surface area contributed by atoms with E-state index in [-0.39, 0.29) is 18.2 Å². The van der Waals surface area contributed by atoms with Crippen LogP contribution in [-0.4, -0.2) is 24.8 Å². The summed E-state index contributed by atoms with van der Waals surface area (Å²) in [6.45, 7) is 10.1. The first-order chi connectivity index (χ1) is 9.01. The van der Waals surface area contributed by atoms with Crippen molar-refractivity contribution < 1.29 is 14.3 Å². The largest absolute Gasteiger partial charge is 0.465 e. The molecule has 2 rings (SSSR count). The lowest BCUT2D eigenvalue weighted by Crippen LogP contribution is -2.37. The Hall–Kier alpha value is -1.61. The molecule has 19 heavy (non-hydrogen) atoms. The molecule has 1 aromatic carbocycles. The molecule has 0 aliphatic carbocycles. The lowest BCUT2D eigenvalue weighted by Gasteiger charge is -2.28. The molecular weight excluding hydrogens is 240 g/mol. The molecule has 1 aliphatic rings. The third-order valence-electron chi connectivity index (χ3n) is 3.73. The zero-order chi connectivity index (χ0) is 14.0. The van der Waals surface area contributed by atoms with Gasteiger partial charge in [0.05, 0.1) is 12.7 Å². The Morgan fingerprint density at radius 1 is 1.42 bits per heavy atom. The third-order valence-corrected chi connectivity index (χ3v) is 3.73. The molecule has 0 spiro atoms. The summed E-state index contributed by atoms with van der Waals surface area (Å²) in [7, 11) is 0. The van der Waals surface area contributed by atoms with Crippen LogP contribution in [0.4, 0.5) is 0 Å². The quantitative estimate of drug-likeness (QED) is 0.603. The van der Waals surface area contributed by atoms with Gasteiger partial charge in [0.15, 0.2) is 0 Å². The zero-order valence-corrected chi connectivity index (χ0v) is 11.7. The van der Waals surface area contributed by atoms with Crippen LogP contribution in [-0.2, 0) is 14.3 Å². The first kappa shape index (κ1) is 13.8. The van der Waals surface area contributed by atoms with E-state index >= 15 is 0 Å². The fourth-order valence-electron chi connectivity index (χ4n) is 2.42. The van der Waals surface area contributed by atoms with Crippen LogP contribution in [0.2, 0.25) is 0 Å². The van der Waals surface area contributed by atoms with Crippen LogP contribution < -0.4 is 0 Å². The van der Waals surface area contributed by atoms with E-state index in [1.165, 1.54) is 0 Å². The number of rotatable bonds is 5. The maximum Gasteiger partial charge on any atom is 0.319 e. The fraction of sp³-hybridized carbons (Fsp3) is 0.438. The topological polar surface area (TPSA) is 38.8 Å². The molecule has 1 heterocycles. The van der Waals surface area contributed by atoms with Gasteiger partial charge in [0.25, 0.3) is 0 Å². The number of benzene rings is 1. The third kappa shape index (κ3) is 2.43. The summed E-state index contributed by atoms with van der Waals surface area (Å²) in [5.41, 5.74) is 0.873. The summed E-state index contributed by atoms with van der Waals surface area (Å²) in [6, 6.07) is 9.71. The number of carbonyl (C=O) groups excluding carboxylic acids is 1. The van der Waals surface area contributed by atoms with E-state index in [9.17, 15) is 4.79 Å². The molecule has 3 heteroatoms. The second-order valence-electron chi connectivity index (χ2n) is 5.03. The lowest BCUT2D eigenvalue weighted by molar-refractivity contribution is -0.151. The molecule has 3 nitrogen and oxygen atoms in total. The van der Waals surface area contributed by atoms with Crippen LogP contribution in [0.5, 0.6) is 0 Å². The Balaban J connectivity index is 2.33. The Morgan fingerprint density at radius 2 is 2.00 bits per heavy atom. The van der Waals surface area contributed by atoms with Crippen LogP contribution in [0.3, 0.4) is 0 Å². The number of epoxide rings is 1. The van der Waals surface area contributed by atoms with Crippen LogP contribution in [0.15, 0.2) is 36.9 Å². The van der Waals surface area contributed by atoms with E-state index in [0.717, 1.165) is 11.1 Å². The van der Waals surface area contributed by atoms with E-state index in [1.54, 1.807) is 6.92 Å². The van der Waals surface area contributed by atoms with E-state index in [0.29, 0.717) is 6.61 Å². The molecule has 0 aromatic heterocycles. The van der Waals surface area contributed by atoms with Gasteiger partial charge in [-0.3, -0.25) is 4.79 Å². The molecule has 1 aliphatic heterocycles. The SMILES string of the molecule is C=C(c1ccccc1)C(C)(C(=O)OCC)C1OC1C. The summed E-state index contributed by atoms with van der Waals surface area (Å²) < 4.78 is 10.7. The molecule has 0 radical (unpaired) electrons. The van der Waals surface area contributed by atoms with Crippen molar-refractivity contribution in [2.75, 3.05) is 6.61 Å². The van der Waals surface area contributed by atoms with Crippen molar-refractivity contribution in [2.45, 2.75) is 33.0 Å². The Labute approximate surface area is 114 Å². The first-order valence-electron chi connectivity index (χ1n) is 6.59. The minimum Gasteiger partial charge on any atom is -0.465 e. The van der Waals surface area contributed by atoms with Gasteiger partial charge in [0.2, 0.25) is 0 Å². The van der Waals surface area contributed by atoms with Gasteiger partial charge in [-0.1, -0.05) is 36.9 Å². The van der Waals surface area contributed by atoms with Crippen molar-refractivity contribution in [1.82, 2.24) is 0 Å². The highest BCUT2D eigenvalue weighted by Gasteiger charge is 2.56. The Kier molecular flexibility index (Phi) is 3.76. The monoisotopic (exact) mass is 260 g/mol. The van der Waals surface area contributed by atoms with Crippen molar-refractivity contribution in [3.8, 4) is 0 Å². The highest BCUT2D eigenvalue weighted by atomic mass is 16.6. The smallest absolute Gasteiger partial charge is 0.319 e. The van der Waals surface area contributed by atoms with Gasteiger partial charge in [-0.2, -0.15) is 0 Å². The van der Waals surface area contributed by atoms with Crippen LogP contribution in [0.25, 0.3) is 5.57 Å². The Bertz CT molecular complexity index is 480. The molecule has 1 saturated heterocycles. The molecule has 102 valence electrons. The fourth-order valence-corrected chi connectivity index (χ4v) is 2.42. The van der Waals surface area contributed by atoms with Gasteiger partial charge in [-0.05, 0) is 31.9 Å². The first-order valence-corrected chi connectivity index (χ1v) is 6.59. The van der Waals surface area contributed by atoms with Gasteiger partial charge < -0.3 is 9.47 Å². The molecular formula is C16H20O3. The molecule has 0 N–H and O–H groups in total. The van der Waals surface area contributed by atoms with Crippen molar-refractivity contribution >= 4 is 11.5 Å². The zero-order valence-electron chi connectivity index (χ0n) is 11.7. The highest BCUT2D eigenvalue weighted by molar-refractivity contribution is 5.93. The van der Waals surface area contributed by atoms with E-state index in [2.05, 4.69) is 6.58 Å². The molecule has 3 atom stereocenters. The normalized spacial score (nSPS) is 24.4. The molecule has 1 aromatic rings. The highest BCUT2D eigenvalue weighted by Crippen LogP contribution is 2.47. The van der Waals surface area contributed by atoms with Crippen LogP contribution in [0, 0.1) is 5.41 Å². The molecule has 3 unspecified atom stereocenters. The Morgan fingerprint density at radius 3 is 2.47 bits per heavy atom. The molecule has 0 amide bonds. The number of esters is 1. The number of carbonyl (C=O) groups is 1. The van der Waals surface area contributed by atoms with Gasteiger partial charge in [-0.25, -0.2) is 0 Å². The summed E-state index contributed by atoms with van der Waals surface area (Å²) in [6.07, 6.45) is -0.0888. The number of hydrogen-bond acceptors (Lipinski definition) is 3. The van der Waals surface area contributed by atoms with Crippen molar-refractivity contribution in [3.05, 3.63) is 42.5 Å². The van der Waals surface area contributed by atoms with Crippen molar-refractivity contribution in [2.24, 2.45) is 5.41 Å². The molecule has 1 fully saturated rings. The lowest BCUT2D eigenvalue weighted by atomic mass is 9.75. The second kappa shape index (κ2) is 5.17. The van der Waals surface area contributed by atoms with E-state index in [1.807, 2.05) is 44.2 Å². The van der Waals surface area contributed by atoms with Gasteiger partial charge in [0.1, 0.15) is 11.5 Å². The predicted molar refractivity (Wildman–Crippen MR) is 74.6 cm³/mol. The minimum atomic E-state index is -0.823. The minimum absolute atomic E-state index is 0.0647. The summed E-state index contributed by atoms with van der Waals surface area (Å²) in [4.78, 5) is 12.3. The summed E-state index contributed by atoms with van der Waals surface area (Å²) in [5, 5.41) is 0. The summed E-state index contributed by atoms with van der Waals surface area (Å²) in [5.74, 6) is -0.266. The second-order valence-corrected chi connectivity index (χ2v) is 5.03. The van der Waals surface area contributed by atoms with Crippen molar-refractivity contribution in [1.29, 1.82) is 0 Å². The van der Waals surface area contributed by atoms with Gasteiger partial charge in [0, 0.05) is 0 Å². The number of hydrogen-bond donors (Lipinski definition) is 0. The van der Waals surface area contributed by atoms with Crippen LogP contribution >= 0.6 is 0 Å². The molecule has 0 bridgehead atoms. The van der Waals surface area contributed by atoms with Gasteiger partial charge in [-0.15, -0.1) is 0 Å². The summed E-state index contributed by atoms with van der Waals surface area (Å²) >= 11 is 0. The molecule has 0 saturated carbocycles. The van der Waals surface area contributed by atoms with E-state index < -0.39 is 5.41 Å². The van der Waals surface area contributed by atoms with Crippen LogP contribution in [0.1, 0.15) is 26.3 Å². The maximum absolute atomic E-state index is 12.3. The number of ether oxygens (including phenoxy) is 2. The predicted octanol–water partition coefficient (Wildman–Crippen LogP) is 3.06. The van der Waals surface area contributed by atoms with E-state index in [4.69, 9.17) is 9.47 Å². The van der Waals surface area contributed by atoms with Gasteiger partial charge >= 0.3 is 5.97 Å². The van der Waals surface area contributed by atoms with Crippen molar-refractivity contribution in [3.63, 3.8) is 0 Å². The average molecular weight is 260 g/mol.